The standard InChI is InChI=1S/C13H19ClN2O/c1-3-10-5-4-6-11(7-10)17-13-8-12(14)15-9(2)16-13/h8,10-11H,3-7H2,1-2H3. The highest BCUT2D eigenvalue weighted by Crippen LogP contribution is 2.29. The smallest absolute Gasteiger partial charge is 0.218 e. The molecule has 1 heterocycles. The van der Waals surface area contributed by atoms with E-state index >= 15 is 0 Å². The number of hydrogen-bond donors (Lipinski definition) is 0. The third-order valence-electron chi connectivity index (χ3n) is 3.38. The Balaban J connectivity index is 2.00. The second kappa shape index (κ2) is 5.67. The van der Waals surface area contributed by atoms with Crippen LogP contribution in [-0.2, 0) is 0 Å². The Morgan fingerprint density at radius 3 is 2.94 bits per heavy atom. The predicted octanol–water partition coefficient (Wildman–Crippen LogP) is 3.79. The Morgan fingerprint density at radius 1 is 1.41 bits per heavy atom. The van der Waals surface area contributed by atoms with Crippen molar-refractivity contribution in [3.8, 4) is 5.88 Å². The molecule has 0 aliphatic heterocycles. The van der Waals surface area contributed by atoms with Crippen LogP contribution in [0.15, 0.2) is 6.07 Å². The molecule has 1 aromatic rings. The zero-order chi connectivity index (χ0) is 12.3. The molecule has 2 unspecified atom stereocenters. The van der Waals surface area contributed by atoms with Gasteiger partial charge in [0.05, 0.1) is 0 Å². The lowest BCUT2D eigenvalue weighted by atomic mass is 9.85. The van der Waals surface area contributed by atoms with Crippen LogP contribution in [0.3, 0.4) is 0 Å². The number of hydrogen-bond acceptors (Lipinski definition) is 3. The van der Waals surface area contributed by atoms with Gasteiger partial charge in [-0.1, -0.05) is 31.4 Å². The molecule has 0 radical (unpaired) electrons. The van der Waals surface area contributed by atoms with Gasteiger partial charge in [-0.3, -0.25) is 0 Å². The fourth-order valence-corrected chi connectivity index (χ4v) is 2.67. The van der Waals surface area contributed by atoms with E-state index in [9.17, 15) is 0 Å². The lowest BCUT2D eigenvalue weighted by Crippen LogP contribution is -2.25. The summed E-state index contributed by atoms with van der Waals surface area (Å²) in [7, 11) is 0. The number of nitrogens with zero attached hydrogens (tertiary/aromatic N) is 2. The van der Waals surface area contributed by atoms with Crippen molar-refractivity contribution in [1.29, 1.82) is 0 Å². The molecule has 17 heavy (non-hydrogen) atoms. The Kier molecular flexibility index (Phi) is 4.21. The Hall–Kier alpha value is -0.830. The molecule has 0 aromatic carbocycles. The molecule has 2 rings (SSSR count). The van der Waals surface area contributed by atoms with Gasteiger partial charge >= 0.3 is 0 Å². The van der Waals surface area contributed by atoms with Crippen LogP contribution < -0.4 is 4.74 Å². The van der Waals surface area contributed by atoms with Gasteiger partial charge in [-0.2, -0.15) is 4.98 Å². The highest BCUT2D eigenvalue weighted by Gasteiger charge is 2.22. The van der Waals surface area contributed by atoms with E-state index in [0.717, 1.165) is 18.8 Å². The summed E-state index contributed by atoms with van der Waals surface area (Å²) in [6, 6.07) is 1.70. The molecule has 94 valence electrons. The van der Waals surface area contributed by atoms with Crippen molar-refractivity contribution >= 4 is 11.6 Å². The van der Waals surface area contributed by atoms with Crippen LogP contribution in [0.4, 0.5) is 0 Å². The molecule has 0 spiro atoms. The van der Waals surface area contributed by atoms with Crippen molar-refractivity contribution < 1.29 is 4.74 Å². The lowest BCUT2D eigenvalue weighted by molar-refractivity contribution is 0.117. The number of rotatable bonds is 3. The van der Waals surface area contributed by atoms with Crippen molar-refractivity contribution in [2.24, 2.45) is 5.92 Å². The Morgan fingerprint density at radius 2 is 2.24 bits per heavy atom. The fourth-order valence-electron chi connectivity index (χ4n) is 2.46. The summed E-state index contributed by atoms with van der Waals surface area (Å²) < 4.78 is 5.91. The quantitative estimate of drug-likeness (QED) is 0.770. The summed E-state index contributed by atoms with van der Waals surface area (Å²) in [6.07, 6.45) is 6.37. The van der Waals surface area contributed by atoms with Gasteiger partial charge in [-0.15, -0.1) is 0 Å². The first kappa shape index (κ1) is 12.6. The number of halogens is 1. The maximum atomic E-state index is 5.91. The summed E-state index contributed by atoms with van der Waals surface area (Å²) in [6.45, 7) is 4.08. The first-order valence-corrected chi connectivity index (χ1v) is 6.73. The van der Waals surface area contributed by atoms with Gasteiger partial charge in [-0.05, 0) is 32.1 Å². The first-order valence-electron chi connectivity index (χ1n) is 6.35. The summed E-state index contributed by atoms with van der Waals surface area (Å²) in [5.41, 5.74) is 0. The third kappa shape index (κ3) is 3.56. The molecular formula is C13H19ClN2O. The largest absolute Gasteiger partial charge is 0.474 e. The molecule has 0 bridgehead atoms. The highest BCUT2D eigenvalue weighted by atomic mass is 35.5. The van der Waals surface area contributed by atoms with Crippen molar-refractivity contribution in [2.45, 2.75) is 52.1 Å². The Bertz CT molecular complexity index is 363. The van der Waals surface area contributed by atoms with E-state index in [0.29, 0.717) is 23.0 Å². The molecule has 3 nitrogen and oxygen atoms in total. The average Bonchev–Trinajstić information content (AvgIpc) is 2.28. The second-order valence-corrected chi connectivity index (χ2v) is 5.14. The number of aromatic nitrogens is 2. The van der Waals surface area contributed by atoms with Gasteiger partial charge in [0.2, 0.25) is 5.88 Å². The van der Waals surface area contributed by atoms with Crippen LogP contribution in [-0.4, -0.2) is 16.1 Å². The zero-order valence-electron chi connectivity index (χ0n) is 10.4. The van der Waals surface area contributed by atoms with Crippen molar-refractivity contribution in [3.63, 3.8) is 0 Å². The third-order valence-corrected chi connectivity index (χ3v) is 3.58. The summed E-state index contributed by atoms with van der Waals surface area (Å²) in [5, 5.41) is 0.454. The van der Waals surface area contributed by atoms with Gasteiger partial charge < -0.3 is 4.74 Å². The predicted molar refractivity (Wildman–Crippen MR) is 68.4 cm³/mol. The van der Waals surface area contributed by atoms with Crippen LogP contribution in [0.5, 0.6) is 5.88 Å². The van der Waals surface area contributed by atoms with Gasteiger partial charge in [0, 0.05) is 6.07 Å². The molecule has 1 fully saturated rings. The van der Waals surface area contributed by atoms with Gasteiger partial charge in [-0.25, -0.2) is 4.98 Å². The maximum absolute atomic E-state index is 5.91. The topological polar surface area (TPSA) is 35.0 Å². The highest BCUT2D eigenvalue weighted by molar-refractivity contribution is 6.29. The van der Waals surface area contributed by atoms with E-state index in [1.807, 2.05) is 6.92 Å². The summed E-state index contributed by atoms with van der Waals surface area (Å²) in [5.74, 6) is 2.08. The second-order valence-electron chi connectivity index (χ2n) is 4.76. The molecule has 0 amide bonds. The van der Waals surface area contributed by atoms with E-state index in [4.69, 9.17) is 16.3 Å². The minimum Gasteiger partial charge on any atom is -0.474 e. The van der Waals surface area contributed by atoms with Gasteiger partial charge in [0.15, 0.2) is 0 Å². The molecule has 1 aliphatic carbocycles. The van der Waals surface area contributed by atoms with E-state index in [1.165, 1.54) is 19.3 Å². The number of ether oxygens (including phenoxy) is 1. The SMILES string of the molecule is CCC1CCCC(Oc2cc(Cl)nc(C)n2)C1. The lowest BCUT2D eigenvalue weighted by Gasteiger charge is -2.28. The van der Waals surface area contributed by atoms with Crippen LogP contribution in [0.25, 0.3) is 0 Å². The average molecular weight is 255 g/mol. The molecule has 2 atom stereocenters. The van der Waals surface area contributed by atoms with E-state index in [1.54, 1.807) is 6.07 Å². The van der Waals surface area contributed by atoms with Crippen LogP contribution in [0.1, 0.15) is 44.9 Å². The van der Waals surface area contributed by atoms with Crippen molar-refractivity contribution in [1.82, 2.24) is 9.97 Å². The normalized spacial score (nSPS) is 24.6. The Labute approximate surface area is 108 Å². The molecule has 1 aliphatic rings. The van der Waals surface area contributed by atoms with E-state index in [-0.39, 0.29) is 0 Å². The van der Waals surface area contributed by atoms with Crippen LogP contribution >= 0.6 is 11.6 Å². The molecule has 1 aromatic heterocycles. The molecule has 4 heteroatoms. The van der Waals surface area contributed by atoms with E-state index in [2.05, 4.69) is 16.9 Å². The molecule has 0 saturated heterocycles. The molecular weight excluding hydrogens is 236 g/mol. The fraction of sp³-hybridized carbons (Fsp3) is 0.692. The van der Waals surface area contributed by atoms with Crippen LogP contribution in [0.2, 0.25) is 5.15 Å². The zero-order valence-corrected chi connectivity index (χ0v) is 11.2. The minimum atomic E-state index is 0.291. The van der Waals surface area contributed by atoms with Crippen LogP contribution in [0, 0.1) is 12.8 Å². The van der Waals surface area contributed by atoms with Gasteiger partial charge in [0.25, 0.3) is 0 Å². The van der Waals surface area contributed by atoms with Crippen molar-refractivity contribution in [3.05, 3.63) is 17.0 Å². The molecule has 1 saturated carbocycles. The van der Waals surface area contributed by atoms with E-state index < -0.39 is 0 Å². The maximum Gasteiger partial charge on any atom is 0.218 e. The summed E-state index contributed by atoms with van der Waals surface area (Å²) >= 11 is 5.89. The monoisotopic (exact) mass is 254 g/mol. The summed E-state index contributed by atoms with van der Waals surface area (Å²) in [4.78, 5) is 8.29. The first-order chi connectivity index (χ1) is 8.17. The molecule has 0 N–H and O–H groups in total. The van der Waals surface area contributed by atoms with Gasteiger partial charge in [0.1, 0.15) is 17.1 Å². The van der Waals surface area contributed by atoms with Crippen molar-refractivity contribution in [2.75, 3.05) is 0 Å². The minimum absolute atomic E-state index is 0.291. The number of aryl methyl sites for hydroxylation is 1.